The number of fused-ring (bicyclic) bond motifs is 3. The van der Waals surface area contributed by atoms with Crippen molar-refractivity contribution in [3.8, 4) is 0 Å². The van der Waals surface area contributed by atoms with E-state index in [1.165, 1.54) is 72.7 Å². The molecule has 6 rings (SSSR count). The molecular weight excluding hydrogens is 742 g/mol. The largest absolute Gasteiger partial charge is 0.214 e. The van der Waals surface area contributed by atoms with E-state index in [-0.39, 0.29) is 10.8 Å². The first-order valence-electron chi connectivity index (χ1n) is 16.2. The predicted octanol–water partition coefficient (Wildman–Crippen LogP) is 13.2. The smallest absolute Gasteiger partial charge is 0.172 e. The fourth-order valence-electron chi connectivity index (χ4n) is 6.04. The second kappa shape index (κ2) is 15.2. The molecule has 0 bridgehead atoms. The van der Waals surface area contributed by atoms with Crippen LogP contribution in [0.4, 0.5) is 0 Å². The summed E-state index contributed by atoms with van der Waals surface area (Å²) in [6.07, 6.45) is 5.25. The number of benzene rings is 3. The van der Waals surface area contributed by atoms with Gasteiger partial charge in [-0.3, -0.25) is 0 Å². The Bertz CT molecular complexity index is 1560. The zero-order valence-electron chi connectivity index (χ0n) is 28.0. The van der Waals surface area contributed by atoms with Crippen molar-refractivity contribution >= 4 is 42.0 Å². The summed E-state index contributed by atoms with van der Waals surface area (Å²) in [4.78, 5) is 0. The molecule has 0 saturated heterocycles. The summed E-state index contributed by atoms with van der Waals surface area (Å²) >= 11 is -2.47. The maximum absolute atomic E-state index is 6.40. The Morgan fingerprint density at radius 3 is 1.57 bits per heavy atom. The molecule has 0 N–H and O–H groups in total. The molecule has 44 heavy (non-hydrogen) atoms. The Balaban J connectivity index is 0.000000175. The molecule has 5 aromatic rings. The Morgan fingerprint density at radius 2 is 1.20 bits per heavy atom. The van der Waals surface area contributed by atoms with E-state index in [0.717, 1.165) is 0 Å². The molecular formula is C41H50Cl2Hf-2. The molecule has 1 aliphatic rings. The summed E-state index contributed by atoms with van der Waals surface area (Å²) in [5, 5.41) is 5.48. The third-order valence-electron chi connectivity index (χ3n) is 8.85. The van der Waals surface area contributed by atoms with Crippen LogP contribution in [0.15, 0.2) is 97.1 Å². The van der Waals surface area contributed by atoms with E-state index in [2.05, 4.69) is 122 Å². The average Bonchev–Trinajstić information content (AvgIpc) is 3.75. The molecule has 1 aliphatic carbocycles. The third-order valence-corrected chi connectivity index (χ3v) is 16.1. The van der Waals surface area contributed by atoms with Crippen molar-refractivity contribution in [1.82, 2.24) is 0 Å². The van der Waals surface area contributed by atoms with Gasteiger partial charge in [0.2, 0.25) is 0 Å². The molecule has 5 aromatic carbocycles. The van der Waals surface area contributed by atoms with Crippen molar-refractivity contribution in [2.45, 2.75) is 97.8 Å². The summed E-state index contributed by atoms with van der Waals surface area (Å²) in [5.74, 6) is 1.26. The van der Waals surface area contributed by atoms with E-state index in [1.54, 1.807) is 0 Å². The fourth-order valence-corrected chi connectivity index (χ4v) is 13.9. The van der Waals surface area contributed by atoms with Gasteiger partial charge < -0.3 is 0 Å². The zero-order valence-corrected chi connectivity index (χ0v) is 33.1. The van der Waals surface area contributed by atoms with Crippen LogP contribution in [0.2, 0.25) is 0 Å². The van der Waals surface area contributed by atoms with Gasteiger partial charge in [0, 0.05) is 0 Å². The normalized spacial score (nSPS) is 13.9. The molecule has 0 aromatic heterocycles. The van der Waals surface area contributed by atoms with Crippen molar-refractivity contribution in [3.63, 3.8) is 0 Å². The van der Waals surface area contributed by atoms with Crippen molar-refractivity contribution in [1.29, 1.82) is 0 Å². The minimum absolute atomic E-state index is 0.203. The second-order valence-corrected chi connectivity index (χ2v) is 26.2. The van der Waals surface area contributed by atoms with Gasteiger partial charge in [0.05, 0.1) is 0 Å². The van der Waals surface area contributed by atoms with E-state index in [1.807, 2.05) is 30.3 Å². The van der Waals surface area contributed by atoms with E-state index in [4.69, 9.17) is 17.2 Å². The Labute approximate surface area is 281 Å². The van der Waals surface area contributed by atoms with E-state index in [0.29, 0.717) is 11.8 Å². The molecule has 234 valence electrons. The van der Waals surface area contributed by atoms with Crippen molar-refractivity contribution in [2.24, 2.45) is 5.92 Å². The minimum Gasteiger partial charge on any atom is -0.214 e. The Morgan fingerprint density at radius 1 is 0.727 bits per heavy atom. The standard InChI is InChI=1S/C21H25.C15H20.C5H5.2ClH.Hf/c1-20(2,3)16-7-9-18-14(12-16)11-15-13-17(21(4,5)6)8-10-19(15)18;1-12(2)15-9-7-14(8-10-15)11-13-5-3-4-6-13;1-2-4-5-3-1;;;/h7-13H,1-6H3;7-10,12-13H,3-6H2,1-2H3;1-5H;2*1H;/q-1;;-1;;;+2/p-2. The minimum atomic E-state index is -2.47. The van der Waals surface area contributed by atoms with Gasteiger partial charge in [-0.1, -0.05) is 76.9 Å². The first-order chi connectivity index (χ1) is 20.8. The first-order valence-corrected chi connectivity index (χ1v) is 26.9. The first kappa shape index (κ1) is 35.1. The SMILES string of the molecule is CC(C)(C)c1ccc2c(c1)[cH-]c1cc(C(C)(C)C)ccc12.CC(C)c1ccc([C](C2CCCC2)=[Hf]([Cl])[Cl])cc1.c1cc[cH-]c1. The fraction of sp³-hybridized carbons (Fsp3) is 0.390. The second-order valence-electron chi connectivity index (χ2n) is 14.6. The molecule has 0 unspecified atom stereocenters. The maximum Gasteiger partial charge on any atom is -0.172 e. The Kier molecular flexibility index (Phi) is 12.1. The van der Waals surface area contributed by atoms with Crippen LogP contribution in [0.25, 0.3) is 21.5 Å². The number of rotatable bonds is 3. The van der Waals surface area contributed by atoms with E-state index < -0.39 is 18.6 Å². The molecule has 0 spiro atoms. The molecule has 0 aliphatic heterocycles. The van der Waals surface area contributed by atoms with Crippen LogP contribution in [0.5, 0.6) is 0 Å². The van der Waals surface area contributed by atoms with Gasteiger partial charge in [-0.25, -0.2) is 12.1 Å². The number of halogens is 2. The summed E-state index contributed by atoms with van der Waals surface area (Å²) < 4.78 is 1.44. The third kappa shape index (κ3) is 9.14. The summed E-state index contributed by atoms with van der Waals surface area (Å²) in [6.45, 7) is 18.1. The van der Waals surface area contributed by atoms with Crippen molar-refractivity contribution in [2.75, 3.05) is 0 Å². The van der Waals surface area contributed by atoms with Crippen LogP contribution in [0.3, 0.4) is 0 Å². The van der Waals surface area contributed by atoms with Crippen LogP contribution in [-0.2, 0) is 29.4 Å². The summed E-state index contributed by atoms with van der Waals surface area (Å²) in [7, 11) is 12.8. The molecule has 0 nitrogen and oxygen atoms in total. The van der Waals surface area contributed by atoms with Gasteiger partial charge in [0.15, 0.2) is 0 Å². The van der Waals surface area contributed by atoms with Crippen LogP contribution in [0.1, 0.15) is 109 Å². The number of hydrogen-bond acceptors (Lipinski definition) is 0. The summed E-state index contributed by atoms with van der Waals surface area (Å²) in [6, 6.07) is 35.1. The molecule has 0 radical (unpaired) electrons. The van der Waals surface area contributed by atoms with E-state index >= 15 is 0 Å². The van der Waals surface area contributed by atoms with Crippen molar-refractivity contribution in [3.05, 3.63) is 119 Å². The van der Waals surface area contributed by atoms with Crippen LogP contribution >= 0.6 is 17.2 Å². The molecule has 0 atom stereocenters. The molecule has 0 heterocycles. The van der Waals surface area contributed by atoms with Gasteiger partial charge in [0.1, 0.15) is 0 Å². The quantitative estimate of drug-likeness (QED) is 0.126. The average molecular weight is 792 g/mol. The molecule has 1 fully saturated rings. The number of hydrogen-bond donors (Lipinski definition) is 0. The zero-order chi connectivity index (χ0) is 32.1. The predicted molar refractivity (Wildman–Crippen MR) is 195 cm³/mol. The van der Waals surface area contributed by atoms with Gasteiger partial charge in [0.25, 0.3) is 0 Å². The van der Waals surface area contributed by atoms with Gasteiger partial charge in [-0.2, -0.15) is 18.2 Å². The topological polar surface area (TPSA) is 0 Å². The van der Waals surface area contributed by atoms with Gasteiger partial charge in [-0.15, -0.1) is 39.7 Å². The van der Waals surface area contributed by atoms with Gasteiger partial charge >= 0.3 is 126 Å². The van der Waals surface area contributed by atoms with Crippen LogP contribution in [0, 0.1) is 5.92 Å². The maximum atomic E-state index is 6.40. The van der Waals surface area contributed by atoms with Gasteiger partial charge in [-0.05, 0) is 10.8 Å². The van der Waals surface area contributed by atoms with Crippen molar-refractivity contribution < 1.29 is 18.6 Å². The van der Waals surface area contributed by atoms with Crippen LogP contribution in [-0.4, -0.2) is 3.26 Å². The summed E-state index contributed by atoms with van der Waals surface area (Å²) in [5.41, 5.74) is 5.92. The van der Waals surface area contributed by atoms with Crippen LogP contribution < -0.4 is 0 Å². The molecule has 3 heteroatoms. The molecule has 0 amide bonds. The molecule has 1 saturated carbocycles. The monoisotopic (exact) mass is 792 g/mol. The van der Waals surface area contributed by atoms with E-state index in [9.17, 15) is 0 Å². The Hall–Kier alpha value is -1.80.